The Labute approximate surface area is 117 Å². The fourth-order valence-electron chi connectivity index (χ4n) is 1.54. The SMILES string of the molecule is NNc1cccnc1S(=O)(=O)Nc1c(F)cc(F)cc1F. The molecule has 0 unspecified atom stereocenters. The average molecular weight is 318 g/mol. The topological polar surface area (TPSA) is 97.1 Å². The molecule has 0 saturated heterocycles. The maximum Gasteiger partial charge on any atom is 0.281 e. The van der Waals surface area contributed by atoms with E-state index in [1.54, 1.807) is 4.72 Å². The van der Waals surface area contributed by atoms with Crippen molar-refractivity contribution in [3.8, 4) is 0 Å². The van der Waals surface area contributed by atoms with E-state index in [9.17, 15) is 21.6 Å². The Morgan fingerprint density at radius 1 is 1.14 bits per heavy atom. The van der Waals surface area contributed by atoms with Gasteiger partial charge in [0.1, 0.15) is 11.5 Å². The summed E-state index contributed by atoms with van der Waals surface area (Å²) in [4.78, 5) is 3.58. The van der Waals surface area contributed by atoms with Gasteiger partial charge in [0.2, 0.25) is 5.03 Å². The number of sulfonamides is 1. The number of anilines is 2. The molecule has 0 aliphatic rings. The first-order valence-corrected chi connectivity index (χ1v) is 6.92. The van der Waals surface area contributed by atoms with E-state index in [-0.39, 0.29) is 5.69 Å². The Hall–Kier alpha value is -2.33. The molecule has 1 aromatic heterocycles. The van der Waals surface area contributed by atoms with Gasteiger partial charge in [0.05, 0.1) is 5.69 Å². The molecule has 0 fully saturated rings. The second kappa shape index (κ2) is 5.58. The monoisotopic (exact) mass is 318 g/mol. The Bertz CT molecular complexity index is 760. The number of rotatable bonds is 4. The van der Waals surface area contributed by atoms with Crippen LogP contribution < -0.4 is 16.0 Å². The third-order valence-corrected chi connectivity index (χ3v) is 3.73. The molecular weight excluding hydrogens is 309 g/mol. The van der Waals surface area contributed by atoms with Crippen molar-refractivity contribution < 1.29 is 21.6 Å². The number of halogens is 3. The molecule has 0 spiro atoms. The third-order valence-electron chi connectivity index (χ3n) is 2.42. The zero-order chi connectivity index (χ0) is 15.6. The molecule has 21 heavy (non-hydrogen) atoms. The van der Waals surface area contributed by atoms with Gasteiger partial charge in [0, 0.05) is 18.3 Å². The molecule has 0 aliphatic heterocycles. The van der Waals surface area contributed by atoms with Crippen LogP contribution in [0.4, 0.5) is 24.5 Å². The van der Waals surface area contributed by atoms with Crippen molar-refractivity contribution in [2.75, 3.05) is 10.1 Å². The van der Waals surface area contributed by atoms with E-state index in [2.05, 4.69) is 10.4 Å². The van der Waals surface area contributed by atoms with Gasteiger partial charge in [-0.3, -0.25) is 10.6 Å². The van der Waals surface area contributed by atoms with Crippen LogP contribution in [0, 0.1) is 17.5 Å². The van der Waals surface area contributed by atoms with Crippen LogP contribution in [0.3, 0.4) is 0 Å². The predicted molar refractivity (Wildman–Crippen MR) is 69.2 cm³/mol. The van der Waals surface area contributed by atoms with Gasteiger partial charge in [0.15, 0.2) is 11.6 Å². The van der Waals surface area contributed by atoms with Gasteiger partial charge >= 0.3 is 0 Å². The standard InChI is InChI=1S/C11H9F3N4O2S/c12-6-4-7(13)10(8(14)5-6)18-21(19,20)11-9(17-15)2-1-3-16-11/h1-5,17-18H,15H2. The summed E-state index contributed by atoms with van der Waals surface area (Å²) in [5.41, 5.74) is 1.01. The first-order chi connectivity index (χ1) is 9.85. The van der Waals surface area contributed by atoms with E-state index in [0.29, 0.717) is 12.1 Å². The number of hydrazine groups is 1. The lowest BCUT2D eigenvalue weighted by Crippen LogP contribution is -2.20. The van der Waals surface area contributed by atoms with E-state index in [1.807, 2.05) is 0 Å². The number of hydrogen-bond acceptors (Lipinski definition) is 5. The van der Waals surface area contributed by atoms with Gasteiger partial charge in [0.25, 0.3) is 10.0 Å². The van der Waals surface area contributed by atoms with Gasteiger partial charge in [-0.25, -0.2) is 18.2 Å². The summed E-state index contributed by atoms with van der Waals surface area (Å²) in [7, 11) is -4.42. The van der Waals surface area contributed by atoms with Crippen LogP contribution >= 0.6 is 0 Å². The largest absolute Gasteiger partial charge is 0.321 e. The number of aromatic nitrogens is 1. The molecule has 112 valence electrons. The van der Waals surface area contributed by atoms with E-state index < -0.39 is 38.2 Å². The summed E-state index contributed by atoms with van der Waals surface area (Å²) in [5, 5.41) is -0.560. The Morgan fingerprint density at radius 3 is 2.33 bits per heavy atom. The molecule has 0 bridgehead atoms. The number of nitrogen functional groups attached to an aromatic ring is 1. The fraction of sp³-hybridized carbons (Fsp3) is 0. The number of pyridine rings is 1. The van der Waals surface area contributed by atoms with Crippen LogP contribution in [-0.4, -0.2) is 13.4 Å². The summed E-state index contributed by atoms with van der Waals surface area (Å²) in [5.74, 6) is 1.18. The van der Waals surface area contributed by atoms with Crippen molar-refractivity contribution in [1.82, 2.24) is 4.98 Å². The summed E-state index contributed by atoms with van der Waals surface area (Å²) in [6, 6.07) is 3.41. The number of benzene rings is 1. The first kappa shape index (κ1) is 15.1. The zero-order valence-corrected chi connectivity index (χ0v) is 11.1. The highest BCUT2D eigenvalue weighted by Crippen LogP contribution is 2.25. The van der Waals surface area contributed by atoms with E-state index >= 15 is 0 Å². The second-order valence-corrected chi connectivity index (χ2v) is 5.45. The molecule has 0 amide bonds. The van der Waals surface area contributed by atoms with Crippen LogP contribution in [0.2, 0.25) is 0 Å². The van der Waals surface area contributed by atoms with Gasteiger partial charge in [-0.05, 0) is 12.1 Å². The molecule has 4 N–H and O–H groups in total. The molecule has 1 heterocycles. The van der Waals surface area contributed by atoms with E-state index in [1.165, 1.54) is 12.1 Å². The minimum absolute atomic E-state index is 0.0760. The van der Waals surface area contributed by atoms with Crippen molar-refractivity contribution >= 4 is 21.4 Å². The zero-order valence-electron chi connectivity index (χ0n) is 10.3. The smallest absolute Gasteiger partial charge is 0.281 e. The van der Waals surface area contributed by atoms with Crippen LogP contribution in [0.1, 0.15) is 0 Å². The fourth-order valence-corrected chi connectivity index (χ4v) is 2.71. The highest BCUT2D eigenvalue weighted by molar-refractivity contribution is 7.92. The number of nitrogens with zero attached hydrogens (tertiary/aromatic N) is 1. The summed E-state index contributed by atoms with van der Waals surface area (Å²) in [6.07, 6.45) is 1.16. The lowest BCUT2D eigenvalue weighted by molar-refractivity contribution is 0.547. The molecule has 10 heteroatoms. The van der Waals surface area contributed by atoms with Crippen LogP contribution in [-0.2, 0) is 10.0 Å². The van der Waals surface area contributed by atoms with Crippen molar-refractivity contribution in [3.63, 3.8) is 0 Å². The van der Waals surface area contributed by atoms with Crippen LogP contribution in [0.15, 0.2) is 35.5 Å². The highest BCUT2D eigenvalue weighted by atomic mass is 32.2. The number of nitrogens with two attached hydrogens (primary N) is 1. The highest BCUT2D eigenvalue weighted by Gasteiger charge is 2.23. The number of hydrogen-bond donors (Lipinski definition) is 3. The minimum Gasteiger partial charge on any atom is -0.321 e. The van der Waals surface area contributed by atoms with E-state index in [0.717, 1.165) is 6.20 Å². The van der Waals surface area contributed by atoms with Crippen molar-refractivity contribution in [3.05, 3.63) is 47.9 Å². The predicted octanol–water partition coefficient (Wildman–Crippen LogP) is 1.59. The lowest BCUT2D eigenvalue weighted by Gasteiger charge is -2.11. The minimum atomic E-state index is -4.42. The molecule has 0 atom stereocenters. The van der Waals surface area contributed by atoms with Crippen molar-refractivity contribution in [2.45, 2.75) is 5.03 Å². The third kappa shape index (κ3) is 3.06. The number of nitrogens with one attached hydrogen (secondary N) is 2. The van der Waals surface area contributed by atoms with Gasteiger partial charge in [-0.15, -0.1) is 0 Å². The molecule has 1 aromatic carbocycles. The molecule has 2 aromatic rings. The van der Waals surface area contributed by atoms with E-state index in [4.69, 9.17) is 5.84 Å². The quantitative estimate of drug-likeness (QED) is 0.587. The maximum absolute atomic E-state index is 13.5. The summed E-state index contributed by atoms with van der Waals surface area (Å²) >= 11 is 0. The second-order valence-electron chi connectivity index (χ2n) is 3.85. The summed E-state index contributed by atoms with van der Waals surface area (Å²) in [6.45, 7) is 0. The average Bonchev–Trinajstić information content (AvgIpc) is 2.43. The molecule has 6 nitrogen and oxygen atoms in total. The Morgan fingerprint density at radius 2 is 1.76 bits per heavy atom. The van der Waals surface area contributed by atoms with Gasteiger partial charge in [-0.1, -0.05) is 0 Å². The Kier molecular flexibility index (Phi) is 4.00. The first-order valence-electron chi connectivity index (χ1n) is 5.44. The molecule has 0 radical (unpaired) electrons. The summed E-state index contributed by atoms with van der Waals surface area (Å²) < 4.78 is 65.6. The normalized spacial score (nSPS) is 11.2. The van der Waals surface area contributed by atoms with Gasteiger partial charge < -0.3 is 5.43 Å². The lowest BCUT2D eigenvalue weighted by atomic mass is 10.3. The van der Waals surface area contributed by atoms with Crippen LogP contribution in [0.25, 0.3) is 0 Å². The molecule has 0 aliphatic carbocycles. The van der Waals surface area contributed by atoms with Crippen LogP contribution in [0.5, 0.6) is 0 Å². The van der Waals surface area contributed by atoms with Crippen molar-refractivity contribution in [1.29, 1.82) is 0 Å². The molecule has 2 rings (SSSR count). The Balaban J connectivity index is 2.48. The maximum atomic E-state index is 13.5. The molecule has 0 saturated carbocycles. The molecular formula is C11H9F3N4O2S. The van der Waals surface area contributed by atoms with Gasteiger partial charge in [-0.2, -0.15) is 8.42 Å². The van der Waals surface area contributed by atoms with Crippen molar-refractivity contribution in [2.24, 2.45) is 5.84 Å².